The van der Waals surface area contributed by atoms with Gasteiger partial charge in [-0.05, 0) is 24.3 Å². The summed E-state index contributed by atoms with van der Waals surface area (Å²) in [5.74, 6) is 1.95. The molecule has 5 nitrogen and oxygen atoms in total. The van der Waals surface area contributed by atoms with Gasteiger partial charge in [0.2, 0.25) is 0 Å². The van der Waals surface area contributed by atoms with Gasteiger partial charge in [0, 0.05) is 32.1 Å². The van der Waals surface area contributed by atoms with Crippen molar-refractivity contribution in [2.24, 2.45) is 7.05 Å². The molecule has 1 aliphatic rings. The molecular weight excluding hydrogens is 358 g/mol. The van der Waals surface area contributed by atoms with E-state index in [9.17, 15) is 0 Å². The number of benzene rings is 2. The maximum atomic E-state index is 6.39. The highest BCUT2D eigenvalue weighted by Gasteiger charge is 2.24. The van der Waals surface area contributed by atoms with E-state index in [1.807, 2.05) is 42.5 Å². The summed E-state index contributed by atoms with van der Waals surface area (Å²) in [6.45, 7) is 2.64. The molecule has 0 radical (unpaired) electrons. The van der Waals surface area contributed by atoms with E-state index in [0.29, 0.717) is 0 Å². The zero-order valence-electron chi connectivity index (χ0n) is 15.1. The van der Waals surface area contributed by atoms with Crippen molar-refractivity contribution in [1.29, 1.82) is 0 Å². The highest BCUT2D eigenvalue weighted by Crippen LogP contribution is 2.30. The molecule has 0 fully saturated rings. The van der Waals surface area contributed by atoms with Crippen LogP contribution in [-0.2, 0) is 26.6 Å². The van der Waals surface area contributed by atoms with Crippen molar-refractivity contribution in [3.05, 3.63) is 70.8 Å². The summed E-state index contributed by atoms with van der Waals surface area (Å²) in [7, 11) is 2.08. The van der Waals surface area contributed by atoms with Gasteiger partial charge in [0.25, 0.3) is 0 Å². The van der Waals surface area contributed by atoms with Crippen LogP contribution in [0.1, 0.15) is 17.2 Å². The topological polar surface area (TPSA) is 49.7 Å². The number of halogens is 1. The second-order valence-corrected chi connectivity index (χ2v) is 7.44. The maximum Gasteiger partial charge on any atom is 0.141 e. The first-order chi connectivity index (χ1) is 13.2. The fourth-order valence-corrected chi connectivity index (χ4v) is 4.07. The Morgan fingerprint density at radius 1 is 1.07 bits per heavy atom. The Bertz CT molecular complexity index is 1090. The van der Waals surface area contributed by atoms with E-state index < -0.39 is 0 Å². The Hall–Kier alpha value is -2.63. The Labute approximate surface area is 162 Å². The Balaban J connectivity index is 1.42. The summed E-state index contributed by atoms with van der Waals surface area (Å²) in [5.41, 5.74) is 5.53. The number of rotatable bonds is 3. The quantitative estimate of drug-likeness (QED) is 0.582. The third-order valence-corrected chi connectivity index (χ3v) is 5.59. The summed E-state index contributed by atoms with van der Waals surface area (Å²) in [6.07, 6.45) is 0.938. The minimum absolute atomic E-state index is 0.738. The lowest BCUT2D eigenvalue weighted by Gasteiger charge is -2.26. The number of para-hydroxylation sites is 2. The highest BCUT2D eigenvalue weighted by atomic mass is 35.5. The van der Waals surface area contributed by atoms with Gasteiger partial charge in [0.15, 0.2) is 0 Å². The lowest BCUT2D eigenvalue weighted by molar-refractivity contribution is 0.233. The summed E-state index contributed by atoms with van der Waals surface area (Å²) in [4.78, 5) is 15.4. The number of aromatic nitrogens is 4. The van der Waals surface area contributed by atoms with Crippen molar-refractivity contribution in [2.45, 2.75) is 19.5 Å². The van der Waals surface area contributed by atoms with E-state index >= 15 is 0 Å². The summed E-state index contributed by atoms with van der Waals surface area (Å²) in [6, 6.07) is 16.1. The van der Waals surface area contributed by atoms with Crippen LogP contribution in [0.3, 0.4) is 0 Å². The molecule has 0 amide bonds. The number of aromatic amines is 1. The second-order valence-electron chi connectivity index (χ2n) is 7.03. The van der Waals surface area contributed by atoms with Crippen LogP contribution in [0, 0.1) is 0 Å². The van der Waals surface area contributed by atoms with Gasteiger partial charge in [-0.15, -0.1) is 0 Å². The van der Waals surface area contributed by atoms with E-state index in [1.165, 1.54) is 11.4 Å². The van der Waals surface area contributed by atoms with Gasteiger partial charge in [-0.2, -0.15) is 0 Å². The monoisotopic (exact) mass is 377 g/mol. The average molecular weight is 378 g/mol. The highest BCUT2D eigenvalue weighted by molar-refractivity contribution is 6.33. The van der Waals surface area contributed by atoms with Crippen LogP contribution in [0.4, 0.5) is 0 Å². The van der Waals surface area contributed by atoms with Crippen LogP contribution in [0.25, 0.3) is 22.4 Å². The third-order valence-electron chi connectivity index (χ3n) is 5.26. The van der Waals surface area contributed by atoms with Crippen molar-refractivity contribution in [1.82, 2.24) is 24.4 Å². The minimum Gasteiger partial charge on any atom is -0.341 e. The molecule has 4 aromatic rings. The maximum absolute atomic E-state index is 6.39. The Morgan fingerprint density at radius 2 is 1.89 bits per heavy atom. The number of fused-ring (bicyclic) bond motifs is 2. The van der Waals surface area contributed by atoms with Gasteiger partial charge in [0.05, 0.1) is 34.0 Å². The first kappa shape index (κ1) is 16.5. The molecule has 27 heavy (non-hydrogen) atoms. The van der Waals surface area contributed by atoms with Crippen LogP contribution >= 0.6 is 11.6 Å². The minimum atomic E-state index is 0.738. The van der Waals surface area contributed by atoms with E-state index in [-0.39, 0.29) is 0 Å². The molecule has 0 spiro atoms. The van der Waals surface area contributed by atoms with Gasteiger partial charge in [0.1, 0.15) is 11.6 Å². The molecule has 6 heteroatoms. The number of nitrogens with zero attached hydrogens (tertiary/aromatic N) is 4. The summed E-state index contributed by atoms with van der Waals surface area (Å²) in [5, 5.41) is 0.738. The summed E-state index contributed by atoms with van der Waals surface area (Å²) >= 11 is 6.39. The number of nitrogens with one attached hydrogen (secondary N) is 1. The van der Waals surface area contributed by atoms with Crippen molar-refractivity contribution in [3.63, 3.8) is 0 Å². The molecule has 3 heterocycles. The number of hydrogen-bond acceptors (Lipinski definition) is 3. The lowest BCUT2D eigenvalue weighted by Crippen LogP contribution is -2.31. The fraction of sp³-hybridized carbons (Fsp3) is 0.238. The molecule has 136 valence electrons. The zero-order valence-corrected chi connectivity index (χ0v) is 15.9. The smallest absolute Gasteiger partial charge is 0.141 e. The van der Waals surface area contributed by atoms with Crippen molar-refractivity contribution >= 4 is 22.6 Å². The molecule has 2 aromatic carbocycles. The molecule has 1 aliphatic heterocycles. The summed E-state index contributed by atoms with van der Waals surface area (Å²) < 4.78 is 2.18. The van der Waals surface area contributed by atoms with Gasteiger partial charge in [-0.3, -0.25) is 4.90 Å². The van der Waals surface area contributed by atoms with Crippen molar-refractivity contribution in [2.75, 3.05) is 6.54 Å². The lowest BCUT2D eigenvalue weighted by atomic mass is 10.1. The Morgan fingerprint density at radius 3 is 2.74 bits per heavy atom. The van der Waals surface area contributed by atoms with Crippen LogP contribution in [0.5, 0.6) is 0 Å². The SMILES string of the molecule is Cn1c(-c2ccccc2Cl)nc2c1CN(Cc1nc3ccccc3[nH]1)CC2. The van der Waals surface area contributed by atoms with E-state index in [0.717, 1.165) is 59.3 Å². The molecule has 2 aromatic heterocycles. The number of hydrogen-bond donors (Lipinski definition) is 1. The molecular formula is C21H20ClN5. The number of H-pyrrole nitrogens is 1. The molecule has 0 atom stereocenters. The van der Waals surface area contributed by atoms with Gasteiger partial charge in [-0.25, -0.2) is 9.97 Å². The van der Waals surface area contributed by atoms with Gasteiger partial charge in [-0.1, -0.05) is 35.9 Å². The van der Waals surface area contributed by atoms with Crippen molar-refractivity contribution < 1.29 is 0 Å². The first-order valence-electron chi connectivity index (χ1n) is 9.14. The molecule has 5 rings (SSSR count). The Kier molecular flexibility index (Phi) is 3.99. The molecule has 1 N–H and O–H groups in total. The fourth-order valence-electron chi connectivity index (χ4n) is 3.85. The van der Waals surface area contributed by atoms with E-state index in [1.54, 1.807) is 0 Å². The van der Waals surface area contributed by atoms with Crippen LogP contribution in [0.2, 0.25) is 5.02 Å². The largest absolute Gasteiger partial charge is 0.341 e. The van der Waals surface area contributed by atoms with E-state index in [4.69, 9.17) is 21.6 Å². The average Bonchev–Trinajstić information content (AvgIpc) is 3.23. The molecule has 0 unspecified atom stereocenters. The predicted molar refractivity (Wildman–Crippen MR) is 108 cm³/mol. The number of imidazole rings is 2. The van der Waals surface area contributed by atoms with E-state index in [2.05, 4.69) is 27.6 Å². The molecule has 0 saturated heterocycles. The first-order valence-corrected chi connectivity index (χ1v) is 9.52. The third kappa shape index (κ3) is 2.93. The standard InChI is InChI=1S/C21H20ClN5/c1-26-19-12-27(13-20-23-16-8-4-5-9-17(16)24-20)11-10-18(19)25-21(26)14-6-2-3-7-15(14)22/h2-9H,10-13H2,1H3,(H,23,24). The van der Waals surface area contributed by atoms with Gasteiger partial charge >= 0.3 is 0 Å². The van der Waals surface area contributed by atoms with Gasteiger partial charge < -0.3 is 9.55 Å². The second kappa shape index (κ2) is 6.51. The zero-order chi connectivity index (χ0) is 18.4. The van der Waals surface area contributed by atoms with Crippen LogP contribution < -0.4 is 0 Å². The predicted octanol–water partition coefficient (Wildman–Crippen LogP) is 4.18. The van der Waals surface area contributed by atoms with Crippen LogP contribution in [0.15, 0.2) is 48.5 Å². The normalized spacial score (nSPS) is 14.6. The van der Waals surface area contributed by atoms with Crippen molar-refractivity contribution in [3.8, 4) is 11.4 Å². The molecule has 0 aliphatic carbocycles. The molecule has 0 saturated carbocycles. The van der Waals surface area contributed by atoms with Crippen LogP contribution in [-0.4, -0.2) is 31.0 Å². The molecule has 0 bridgehead atoms.